The Morgan fingerprint density at radius 1 is 0.864 bits per heavy atom. The number of nitrogens with zero attached hydrogens (tertiary/aromatic N) is 1. The number of thiophene rings is 1. The van der Waals surface area contributed by atoms with E-state index in [2.05, 4.69) is 10.6 Å². The summed E-state index contributed by atoms with van der Waals surface area (Å²) >= 11 is 1.02. The molecule has 0 aliphatic rings. The Morgan fingerprint density at radius 3 is 2.34 bits per heavy atom. The number of ether oxygens (including phenoxy) is 3. The molecule has 0 fully saturated rings. The van der Waals surface area contributed by atoms with Crippen molar-refractivity contribution in [2.24, 2.45) is 0 Å². The number of pyridine rings is 1. The molecular formula is C34H31N3O6S. The summed E-state index contributed by atoms with van der Waals surface area (Å²) in [5.41, 5.74) is 4.13. The lowest BCUT2D eigenvalue weighted by Crippen LogP contribution is -2.16. The van der Waals surface area contributed by atoms with Crippen LogP contribution in [0.4, 0.5) is 10.7 Å². The van der Waals surface area contributed by atoms with Gasteiger partial charge in [-0.25, -0.2) is 9.78 Å². The summed E-state index contributed by atoms with van der Waals surface area (Å²) in [5, 5.41) is 6.63. The molecule has 224 valence electrons. The average Bonchev–Trinajstić information content (AvgIpc) is 3.36. The third-order valence-electron chi connectivity index (χ3n) is 7.10. The van der Waals surface area contributed by atoms with Crippen molar-refractivity contribution in [2.75, 3.05) is 31.5 Å². The standard InChI is InChI=1S/C34H31N3O6S/c1-6-43-34(40)29-20(3)30(32(39)36-25-13-9-7-11-19(25)2)44-33(29)37-31(38)23-18-27(35-26-14-10-8-12-22(23)26)24-17-21(41-4)15-16-28(24)42-5/h7-18H,6H2,1-5H3,(H,36,39)(H,37,38). The Bertz CT molecular complexity index is 1900. The number of benzene rings is 3. The average molecular weight is 610 g/mol. The van der Waals surface area contributed by atoms with Crippen molar-refractivity contribution in [1.29, 1.82) is 0 Å². The minimum Gasteiger partial charge on any atom is -0.497 e. The van der Waals surface area contributed by atoms with E-state index in [0.717, 1.165) is 16.9 Å². The zero-order valence-corrected chi connectivity index (χ0v) is 25.8. The van der Waals surface area contributed by atoms with Crippen LogP contribution in [0, 0.1) is 13.8 Å². The molecule has 0 unspecified atom stereocenters. The third-order valence-corrected chi connectivity index (χ3v) is 8.30. The Balaban J connectivity index is 1.58. The van der Waals surface area contributed by atoms with E-state index in [1.165, 1.54) is 0 Å². The van der Waals surface area contributed by atoms with Crippen LogP contribution in [0.25, 0.3) is 22.2 Å². The smallest absolute Gasteiger partial charge is 0.341 e. The van der Waals surface area contributed by atoms with Crippen LogP contribution in [0.5, 0.6) is 11.5 Å². The van der Waals surface area contributed by atoms with Gasteiger partial charge in [-0.2, -0.15) is 0 Å². The van der Waals surface area contributed by atoms with Crippen LogP contribution < -0.4 is 20.1 Å². The zero-order valence-electron chi connectivity index (χ0n) is 24.9. The molecule has 2 amide bonds. The minimum atomic E-state index is -0.632. The molecular weight excluding hydrogens is 578 g/mol. The van der Waals surface area contributed by atoms with Crippen LogP contribution in [-0.2, 0) is 4.74 Å². The van der Waals surface area contributed by atoms with Gasteiger partial charge in [0.2, 0.25) is 0 Å². The molecule has 10 heteroatoms. The number of anilines is 2. The van der Waals surface area contributed by atoms with Crippen molar-refractivity contribution >= 4 is 50.7 Å². The molecule has 0 saturated carbocycles. The summed E-state index contributed by atoms with van der Waals surface area (Å²) < 4.78 is 16.3. The van der Waals surface area contributed by atoms with E-state index in [1.807, 2.05) is 43.3 Å². The summed E-state index contributed by atoms with van der Waals surface area (Å²) in [5.74, 6) is -0.346. The van der Waals surface area contributed by atoms with E-state index < -0.39 is 17.8 Å². The number of hydrogen-bond acceptors (Lipinski definition) is 8. The maximum Gasteiger partial charge on any atom is 0.341 e. The van der Waals surface area contributed by atoms with E-state index in [-0.39, 0.29) is 22.0 Å². The summed E-state index contributed by atoms with van der Waals surface area (Å²) in [7, 11) is 3.13. The van der Waals surface area contributed by atoms with Crippen molar-refractivity contribution in [3.8, 4) is 22.8 Å². The molecule has 9 nitrogen and oxygen atoms in total. The van der Waals surface area contributed by atoms with Crippen molar-refractivity contribution in [3.63, 3.8) is 0 Å². The fourth-order valence-electron chi connectivity index (χ4n) is 4.85. The fraction of sp³-hybridized carbons (Fsp3) is 0.176. The lowest BCUT2D eigenvalue weighted by Gasteiger charge is -2.13. The van der Waals surface area contributed by atoms with Crippen LogP contribution in [-0.4, -0.2) is 43.6 Å². The number of nitrogens with one attached hydrogen (secondary N) is 2. The van der Waals surface area contributed by atoms with Gasteiger partial charge >= 0.3 is 5.97 Å². The number of rotatable bonds is 9. The number of aromatic nitrogens is 1. The molecule has 0 spiro atoms. The van der Waals surface area contributed by atoms with Gasteiger partial charge in [0.25, 0.3) is 11.8 Å². The molecule has 0 saturated heterocycles. The molecule has 0 aliphatic heterocycles. The lowest BCUT2D eigenvalue weighted by molar-refractivity contribution is 0.0527. The molecule has 5 aromatic rings. The van der Waals surface area contributed by atoms with Gasteiger partial charge in [-0.3, -0.25) is 9.59 Å². The SMILES string of the molecule is CCOC(=O)c1c(NC(=O)c2cc(-c3cc(OC)ccc3OC)nc3ccccc23)sc(C(=O)Nc2ccccc2C)c1C. The quantitative estimate of drug-likeness (QED) is 0.169. The van der Waals surface area contributed by atoms with E-state index in [0.29, 0.717) is 50.5 Å². The van der Waals surface area contributed by atoms with Gasteiger partial charge in [-0.15, -0.1) is 11.3 Å². The predicted octanol–water partition coefficient (Wildman–Crippen LogP) is 7.28. The van der Waals surface area contributed by atoms with Gasteiger partial charge in [0.15, 0.2) is 0 Å². The van der Waals surface area contributed by atoms with Crippen LogP contribution >= 0.6 is 11.3 Å². The normalized spacial score (nSPS) is 10.8. The number of esters is 1. The Morgan fingerprint density at radius 2 is 1.61 bits per heavy atom. The molecule has 0 bridgehead atoms. The maximum atomic E-state index is 14.0. The maximum absolute atomic E-state index is 14.0. The highest BCUT2D eigenvalue weighted by Crippen LogP contribution is 2.37. The summed E-state index contributed by atoms with van der Waals surface area (Å²) in [6.45, 7) is 5.38. The molecule has 0 aliphatic carbocycles. The lowest BCUT2D eigenvalue weighted by atomic mass is 10.0. The fourth-order valence-corrected chi connectivity index (χ4v) is 5.93. The first-order chi connectivity index (χ1) is 21.2. The predicted molar refractivity (Wildman–Crippen MR) is 172 cm³/mol. The first kappa shape index (κ1) is 30.2. The molecule has 2 heterocycles. The molecule has 44 heavy (non-hydrogen) atoms. The molecule has 0 radical (unpaired) electrons. The second-order valence-corrected chi connectivity index (χ2v) is 10.9. The van der Waals surface area contributed by atoms with Gasteiger partial charge in [-0.05, 0) is 68.3 Å². The molecule has 5 rings (SSSR count). The Labute approximate surface area is 258 Å². The number of fused-ring (bicyclic) bond motifs is 1. The highest BCUT2D eigenvalue weighted by atomic mass is 32.1. The highest BCUT2D eigenvalue weighted by molar-refractivity contribution is 7.19. The summed E-state index contributed by atoms with van der Waals surface area (Å²) in [6, 6.07) is 21.7. The number of para-hydroxylation sites is 2. The minimum absolute atomic E-state index is 0.132. The monoisotopic (exact) mass is 609 g/mol. The van der Waals surface area contributed by atoms with Crippen LogP contribution in [0.3, 0.4) is 0 Å². The number of amides is 2. The Hall–Kier alpha value is -5.22. The highest BCUT2D eigenvalue weighted by Gasteiger charge is 2.28. The summed E-state index contributed by atoms with van der Waals surface area (Å²) in [4.78, 5) is 45.6. The van der Waals surface area contributed by atoms with Gasteiger partial charge in [-0.1, -0.05) is 36.4 Å². The number of carbonyl (C=O) groups excluding carboxylic acids is 3. The third kappa shape index (κ3) is 5.97. The Kier molecular flexibility index (Phi) is 8.91. The van der Waals surface area contributed by atoms with Crippen molar-refractivity contribution < 1.29 is 28.6 Å². The first-order valence-electron chi connectivity index (χ1n) is 13.9. The number of methoxy groups -OCH3 is 2. The number of aryl methyl sites for hydroxylation is 1. The van der Waals surface area contributed by atoms with Gasteiger partial charge in [0, 0.05) is 16.6 Å². The van der Waals surface area contributed by atoms with Crippen molar-refractivity contribution in [1.82, 2.24) is 4.98 Å². The first-order valence-corrected chi connectivity index (χ1v) is 14.7. The van der Waals surface area contributed by atoms with Crippen LogP contribution in [0.15, 0.2) is 72.8 Å². The molecule has 0 atom stereocenters. The molecule has 3 aromatic carbocycles. The van der Waals surface area contributed by atoms with E-state index >= 15 is 0 Å². The number of carbonyl (C=O) groups is 3. The van der Waals surface area contributed by atoms with Crippen molar-refractivity contribution in [2.45, 2.75) is 20.8 Å². The molecule has 2 aromatic heterocycles. The van der Waals surface area contributed by atoms with E-state index in [1.54, 1.807) is 64.5 Å². The number of hydrogen-bond donors (Lipinski definition) is 2. The molecule has 2 N–H and O–H groups in total. The zero-order chi connectivity index (χ0) is 31.4. The van der Waals surface area contributed by atoms with Crippen LogP contribution in [0.1, 0.15) is 48.4 Å². The van der Waals surface area contributed by atoms with Crippen molar-refractivity contribution in [3.05, 3.63) is 99.9 Å². The van der Waals surface area contributed by atoms with E-state index in [4.69, 9.17) is 19.2 Å². The second-order valence-electron chi connectivity index (χ2n) is 9.84. The van der Waals surface area contributed by atoms with Crippen LogP contribution in [0.2, 0.25) is 0 Å². The van der Waals surface area contributed by atoms with Gasteiger partial charge < -0.3 is 24.8 Å². The second kappa shape index (κ2) is 13.0. The van der Waals surface area contributed by atoms with Gasteiger partial charge in [0.05, 0.1) is 48.0 Å². The summed E-state index contributed by atoms with van der Waals surface area (Å²) in [6.07, 6.45) is 0. The van der Waals surface area contributed by atoms with Gasteiger partial charge in [0.1, 0.15) is 16.5 Å². The van der Waals surface area contributed by atoms with E-state index in [9.17, 15) is 14.4 Å². The largest absolute Gasteiger partial charge is 0.497 e. The topological polar surface area (TPSA) is 116 Å².